The van der Waals surface area contributed by atoms with E-state index in [0.29, 0.717) is 6.54 Å². The average molecular weight is 437 g/mol. The third-order valence-electron chi connectivity index (χ3n) is 5.15. The summed E-state index contributed by atoms with van der Waals surface area (Å²) in [6.45, 7) is 2.92. The Hall–Kier alpha value is -3.12. The van der Waals surface area contributed by atoms with E-state index in [1.54, 1.807) is 11.8 Å². The van der Waals surface area contributed by atoms with E-state index in [1.807, 2.05) is 36.4 Å². The van der Waals surface area contributed by atoms with Gasteiger partial charge >= 0.3 is 0 Å². The van der Waals surface area contributed by atoms with Gasteiger partial charge in [-0.15, -0.1) is 11.8 Å². The Bertz CT molecular complexity index is 1190. The van der Waals surface area contributed by atoms with Crippen molar-refractivity contribution in [2.24, 2.45) is 0 Å². The molecule has 0 fully saturated rings. The maximum atomic E-state index is 13.8. The smallest absolute Gasteiger partial charge is 0.257 e. The predicted molar refractivity (Wildman–Crippen MR) is 121 cm³/mol. The zero-order valence-corrected chi connectivity index (χ0v) is 17.8. The summed E-state index contributed by atoms with van der Waals surface area (Å²) in [5.41, 5.74) is 1.76. The van der Waals surface area contributed by atoms with Gasteiger partial charge in [0.1, 0.15) is 17.2 Å². The predicted octanol–water partition coefficient (Wildman–Crippen LogP) is 6.20. The number of hydrogen-bond acceptors (Lipinski definition) is 2. The number of para-hydroxylation sites is 1. The number of nitrogens with one attached hydrogen (secondary N) is 1. The Balaban J connectivity index is 1.49. The van der Waals surface area contributed by atoms with Crippen LogP contribution in [0.3, 0.4) is 0 Å². The minimum absolute atomic E-state index is 0.254. The first-order valence-electron chi connectivity index (χ1n) is 10.1. The molecule has 0 unspecified atom stereocenters. The highest BCUT2D eigenvalue weighted by Crippen LogP contribution is 2.39. The fourth-order valence-corrected chi connectivity index (χ4v) is 4.73. The fraction of sp³-hybridized carbons (Fsp3) is 0.160. The molecule has 3 nitrogen and oxygen atoms in total. The molecule has 0 spiro atoms. The molecule has 0 radical (unpaired) electrons. The van der Waals surface area contributed by atoms with Crippen LogP contribution in [0.2, 0.25) is 0 Å². The van der Waals surface area contributed by atoms with E-state index >= 15 is 0 Å². The fourth-order valence-electron chi connectivity index (χ4n) is 3.57. The quantitative estimate of drug-likeness (QED) is 0.350. The van der Waals surface area contributed by atoms with Gasteiger partial charge in [-0.05, 0) is 30.7 Å². The van der Waals surface area contributed by atoms with Crippen molar-refractivity contribution in [3.05, 3.63) is 102 Å². The maximum absolute atomic E-state index is 13.8. The van der Waals surface area contributed by atoms with E-state index in [1.165, 1.54) is 11.6 Å². The average Bonchev–Trinajstić information content (AvgIpc) is 3.12. The van der Waals surface area contributed by atoms with E-state index < -0.39 is 23.1 Å². The first kappa shape index (κ1) is 21.1. The van der Waals surface area contributed by atoms with Crippen LogP contribution in [-0.2, 0) is 6.54 Å². The molecule has 0 aliphatic rings. The van der Waals surface area contributed by atoms with E-state index in [4.69, 9.17) is 0 Å². The van der Waals surface area contributed by atoms with Crippen molar-refractivity contribution in [2.75, 3.05) is 6.54 Å². The zero-order chi connectivity index (χ0) is 21.8. The lowest BCUT2D eigenvalue weighted by Gasteiger charge is -2.10. The van der Waals surface area contributed by atoms with Gasteiger partial charge in [-0.25, -0.2) is 8.78 Å². The molecule has 1 atom stereocenters. The van der Waals surface area contributed by atoms with Gasteiger partial charge in [0.05, 0.1) is 0 Å². The second-order valence-electron chi connectivity index (χ2n) is 7.23. The normalized spacial score (nSPS) is 12.1. The number of aromatic nitrogens is 1. The van der Waals surface area contributed by atoms with Crippen LogP contribution in [0.4, 0.5) is 8.78 Å². The van der Waals surface area contributed by atoms with Gasteiger partial charge in [0.2, 0.25) is 0 Å². The van der Waals surface area contributed by atoms with Crippen molar-refractivity contribution in [3.63, 3.8) is 0 Å². The first-order valence-corrected chi connectivity index (χ1v) is 10.9. The zero-order valence-electron chi connectivity index (χ0n) is 17.0. The molecule has 31 heavy (non-hydrogen) atoms. The number of halogens is 2. The molecule has 4 aromatic rings. The number of rotatable bonds is 7. The molecule has 3 aromatic carbocycles. The van der Waals surface area contributed by atoms with Crippen molar-refractivity contribution in [1.29, 1.82) is 0 Å². The second kappa shape index (κ2) is 9.35. The van der Waals surface area contributed by atoms with Crippen LogP contribution in [0, 0.1) is 11.6 Å². The van der Waals surface area contributed by atoms with Gasteiger partial charge in [-0.1, -0.05) is 54.6 Å². The Morgan fingerprint density at radius 3 is 2.39 bits per heavy atom. The van der Waals surface area contributed by atoms with Crippen LogP contribution in [0.1, 0.15) is 28.1 Å². The number of amides is 1. The second-order valence-corrected chi connectivity index (χ2v) is 8.61. The molecule has 0 aliphatic heterocycles. The third kappa shape index (κ3) is 4.64. The van der Waals surface area contributed by atoms with Gasteiger partial charge < -0.3 is 9.88 Å². The summed E-state index contributed by atoms with van der Waals surface area (Å²) in [7, 11) is 0. The first-order chi connectivity index (χ1) is 15.0. The molecule has 0 aliphatic carbocycles. The highest BCUT2D eigenvalue weighted by atomic mass is 32.2. The SMILES string of the molecule is C[C@@H](Sc1cn(CCNC(=O)c2c(F)cccc2F)c2ccccc12)c1ccccc1. The Labute approximate surface area is 184 Å². The van der Waals surface area contributed by atoms with Crippen LogP contribution >= 0.6 is 11.8 Å². The lowest BCUT2D eigenvalue weighted by molar-refractivity contribution is 0.0944. The number of hydrogen-bond donors (Lipinski definition) is 1. The molecule has 1 heterocycles. The minimum Gasteiger partial charge on any atom is -0.350 e. The molecule has 1 N–H and O–H groups in total. The van der Waals surface area contributed by atoms with Crippen LogP contribution in [0.25, 0.3) is 10.9 Å². The molecule has 1 amide bonds. The number of nitrogens with zero attached hydrogens (tertiary/aromatic N) is 1. The lowest BCUT2D eigenvalue weighted by atomic mass is 10.2. The van der Waals surface area contributed by atoms with Gasteiger partial charge in [-0.3, -0.25) is 4.79 Å². The Morgan fingerprint density at radius 2 is 1.65 bits per heavy atom. The summed E-state index contributed by atoms with van der Waals surface area (Å²) in [6, 6.07) is 21.8. The molecule has 158 valence electrons. The van der Waals surface area contributed by atoms with Crippen molar-refractivity contribution in [2.45, 2.75) is 23.6 Å². The molecular formula is C25H22F2N2OS. The van der Waals surface area contributed by atoms with Crippen molar-refractivity contribution < 1.29 is 13.6 Å². The van der Waals surface area contributed by atoms with E-state index in [9.17, 15) is 13.6 Å². The Morgan fingerprint density at radius 1 is 0.968 bits per heavy atom. The number of thioether (sulfide) groups is 1. The Kier molecular flexibility index (Phi) is 6.37. The summed E-state index contributed by atoms with van der Waals surface area (Å²) >= 11 is 1.78. The van der Waals surface area contributed by atoms with Gasteiger partial charge in [0, 0.05) is 40.3 Å². The van der Waals surface area contributed by atoms with E-state index in [-0.39, 0.29) is 11.8 Å². The molecule has 0 saturated heterocycles. The lowest BCUT2D eigenvalue weighted by Crippen LogP contribution is -2.28. The van der Waals surface area contributed by atoms with Gasteiger partial charge in [0.25, 0.3) is 5.91 Å². The molecule has 1 aromatic heterocycles. The highest BCUT2D eigenvalue weighted by molar-refractivity contribution is 7.99. The number of fused-ring (bicyclic) bond motifs is 1. The van der Waals surface area contributed by atoms with Crippen LogP contribution in [0.15, 0.2) is 83.9 Å². The summed E-state index contributed by atoms with van der Waals surface area (Å²) in [5, 5.41) is 4.05. The van der Waals surface area contributed by atoms with Gasteiger partial charge in [-0.2, -0.15) is 0 Å². The summed E-state index contributed by atoms with van der Waals surface area (Å²) in [5.74, 6) is -2.48. The molecule has 0 saturated carbocycles. The maximum Gasteiger partial charge on any atom is 0.257 e. The van der Waals surface area contributed by atoms with Crippen LogP contribution in [-0.4, -0.2) is 17.0 Å². The molecule has 0 bridgehead atoms. The number of benzene rings is 3. The molecule has 6 heteroatoms. The summed E-state index contributed by atoms with van der Waals surface area (Å²) in [4.78, 5) is 13.4. The summed E-state index contributed by atoms with van der Waals surface area (Å²) in [6.07, 6.45) is 2.07. The summed E-state index contributed by atoms with van der Waals surface area (Å²) < 4.78 is 29.7. The number of carbonyl (C=O) groups is 1. The molecule has 4 rings (SSSR count). The number of carbonyl (C=O) groups excluding carboxylic acids is 1. The third-order valence-corrected chi connectivity index (χ3v) is 6.36. The standard InChI is InChI=1S/C25H22F2N2OS/c1-17(18-8-3-2-4-9-18)31-23-16-29(22-13-6-5-10-19(22)23)15-14-28-25(30)24-20(26)11-7-12-21(24)27/h2-13,16-17H,14-15H2,1H3,(H,28,30)/t17-/m1/s1. The largest absolute Gasteiger partial charge is 0.350 e. The van der Waals surface area contributed by atoms with Gasteiger partial charge in [0.15, 0.2) is 0 Å². The van der Waals surface area contributed by atoms with Crippen molar-refractivity contribution in [3.8, 4) is 0 Å². The van der Waals surface area contributed by atoms with E-state index in [0.717, 1.165) is 27.9 Å². The van der Waals surface area contributed by atoms with Crippen LogP contribution in [0.5, 0.6) is 0 Å². The highest BCUT2D eigenvalue weighted by Gasteiger charge is 2.17. The monoisotopic (exact) mass is 436 g/mol. The van der Waals surface area contributed by atoms with Crippen molar-refractivity contribution in [1.82, 2.24) is 9.88 Å². The molecular weight excluding hydrogens is 414 g/mol. The van der Waals surface area contributed by atoms with Crippen LogP contribution < -0.4 is 5.32 Å². The van der Waals surface area contributed by atoms with Crippen molar-refractivity contribution >= 4 is 28.6 Å². The minimum atomic E-state index is -0.863. The topological polar surface area (TPSA) is 34.0 Å². The van der Waals surface area contributed by atoms with E-state index in [2.05, 4.69) is 41.2 Å².